The maximum atomic E-state index is 11.1. The fraction of sp³-hybridized carbons (Fsp3) is 0.500. The summed E-state index contributed by atoms with van der Waals surface area (Å²) in [7, 11) is 0. The number of aromatic nitrogens is 2. The van der Waals surface area contributed by atoms with Crippen LogP contribution in [0.15, 0.2) is 6.33 Å². The van der Waals surface area contributed by atoms with Crippen LogP contribution in [0, 0.1) is 5.92 Å². The second-order valence-corrected chi connectivity index (χ2v) is 5.00. The Bertz CT molecular complexity index is 487. The fourth-order valence-corrected chi connectivity index (χ4v) is 2.49. The highest BCUT2D eigenvalue weighted by molar-refractivity contribution is 6.32. The summed E-state index contributed by atoms with van der Waals surface area (Å²) >= 11 is 5.83. The molecule has 3 N–H and O–H groups in total. The van der Waals surface area contributed by atoms with Gasteiger partial charge in [-0.2, -0.15) is 0 Å². The Morgan fingerprint density at radius 3 is 2.63 bits per heavy atom. The largest absolute Gasteiger partial charge is 0.369 e. The lowest BCUT2D eigenvalue weighted by molar-refractivity contribution is -0.122. The van der Waals surface area contributed by atoms with E-state index in [1.807, 2.05) is 0 Å². The van der Waals surface area contributed by atoms with Crippen molar-refractivity contribution >= 4 is 29.6 Å². The molecule has 0 unspecified atom stereocenters. The van der Waals surface area contributed by atoms with Crippen molar-refractivity contribution in [2.75, 3.05) is 5.32 Å². The third-order valence-corrected chi connectivity index (χ3v) is 3.72. The van der Waals surface area contributed by atoms with E-state index in [2.05, 4.69) is 15.3 Å². The lowest BCUT2D eigenvalue weighted by Gasteiger charge is -2.28. The average Bonchev–Trinajstić information content (AvgIpc) is 2.39. The monoisotopic (exact) mass is 282 g/mol. The van der Waals surface area contributed by atoms with Crippen molar-refractivity contribution < 1.29 is 9.59 Å². The molecule has 0 spiro atoms. The lowest BCUT2D eigenvalue weighted by atomic mass is 9.85. The molecular formula is C12H15ClN4O2. The minimum atomic E-state index is -0.239. The van der Waals surface area contributed by atoms with Gasteiger partial charge in [0, 0.05) is 12.0 Å². The zero-order valence-electron chi connectivity index (χ0n) is 10.3. The van der Waals surface area contributed by atoms with Crippen molar-refractivity contribution in [1.29, 1.82) is 0 Å². The van der Waals surface area contributed by atoms with Gasteiger partial charge in [-0.05, 0) is 25.7 Å². The first-order chi connectivity index (χ1) is 9.11. The van der Waals surface area contributed by atoms with E-state index in [9.17, 15) is 9.59 Å². The zero-order chi connectivity index (χ0) is 13.8. The molecule has 1 aliphatic rings. The Kier molecular flexibility index (Phi) is 4.31. The first-order valence-electron chi connectivity index (χ1n) is 6.13. The van der Waals surface area contributed by atoms with E-state index < -0.39 is 0 Å². The Hall–Kier alpha value is -1.69. The molecule has 102 valence electrons. The molecule has 1 fully saturated rings. The van der Waals surface area contributed by atoms with Crippen molar-refractivity contribution in [3.8, 4) is 0 Å². The van der Waals surface area contributed by atoms with E-state index in [1.54, 1.807) is 0 Å². The summed E-state index contributed by atoms with van der Waals surface area (Å²) in [6.07, 6.45) is 5.08. The number of hydrogen-bond acceptors (Lipinski definition) is 5. The molecule has 0 aromatic carbocycles. The topological polar surface area (TPSA) is 98.0 Å². The standard InChI is InChI=1S/C12H15ClN4O2/c13-10-9(5-18)12(16-6-15-10)17-8-3-1-7(2-4-8)11(14)19/h5-8H,1-4H2,(H2,14,19)(H,15,16,17). The quantitative estimate of drug-likeness (QED) is 0.642. The van der Waals surface area contributed by atoms with Crippen LogP contribution in [0.5, 0.6) is 0 Å². The minimum absolute atomic E-state index is 0.0439. The van der Waals surface area contributed by atoms with Crippen LogP contribution in [0.4, 0.5) is 5.82 Å². The number of hydrogen-bond donors (Lipinski definition) is 2. The highest BCUT2D eigenvalue weighted by Crippen LogP contribution is 2.27. The molecule has 1 heterocycles. The smallest absolute Gasteiger partial charge is 0.220 e. The number of primary amides is 1. The van der Waals surface area contributed by atoms with Crippen LogP contribution < -0.4 is 11.1 Å². The number of nitrogens with zero attached hydrogens (tertiary/aromatic N) is 2. The van der Waals surface area contributed by atoms with Crippen molar-refractivity contribution in [1.82, 2.24) is 9.97 Å². The van der Waals surface area contributed by atoms with Crippen molar-refractivity contribution in [2.45, 2.75) is 31.7 Å². The number of nitrogens with two attached hydrogens (primary N) is 1. The number of carbonyl (C=O) groups is 2. The molecule has 0 bridgehead atoms. The van der Waals surface area contributed by atoms with Gasteiger partial charge in [0.1, 0.15) is 17.3 Å². The van der Waals surface area contributed by atoms with Crippen LogP contribution in [-0.4, -0.2) is 28.2 Å². The van der Waals surface area contributed by atoms with Gasteiger partial charge in [-0.3, -0.25) is 9.59 Å². The summed E-state index contributed by atoms with van der Waals surface area (Å²) in [5.41, 5.74) is 5.55. The number of aldehydes is 1. The van der Waals surface area contributed by atoms with Gasteiger partial charge < -0.3 is 11.1 Å². The zero-order valence-corrected chi connectivity index (χ0v) is 11.1. The van der Waals surface area contributed by atoms with E-state index in [1.165, 1.54) is 6.33 Å². The molecule has 6 nitrogen and oxygen atoms in total. The molecule has 1 aromatic heterocycles. The number of amides is 1. The Labute approximate surface area is 115 Å². The van der Waals surface area contributed by atoms with Gasteiger partial charge in [0.05, 0.1) is 5.56 Å². The second kappa shape index (κ2) is 5.97. The maximum absolute atomic E-state index is 11.1. The van der Waals surface area contributed by atoms with Crippen LogP contribution in [0.1, 0.15) is 36.0 Å². The van der Waals surface area contributed by atoms with Crippen LogP contribution in [0.3, 0.4) is 0 Å². The molecule has 7 heteroatoms. The molecule has 0 radical (unpaired) electrons. The van der Waals surface area contributed by atoms with Crippen molar-refractivity contribution in [3.05, 3.63) is 17.0 Å². The second-order valence-electron chi connectivity index (χ2n) is 4.64. The number of carbonyl (C=O) groups excluding carboxylic acids is 2. The van der Waals surface area contributed by atoms with E-state index >= 15 is 0 Å². The number of anilines is 1. The van der Waals surface area contributed by atoms with Gasteiger partial charge in [-0.25, -0.2) is 9.97 Å². The molecule has 2 rings (SSSR count). The highest BCUT2D eigenvalue weighted by atomic mass is 35.5. The normalized spacial score (nSPS) is 22.8. The Morgan fingerprint density at radius 2 is 2.05 bits per heavy atom. The molecule has 1 amide bonds. The predicted molar refractivity (Wildman–Crippen MR) is 71.0 cm³/mol. The Balaban J connectivity index is 2.01. The predicted octanol–water partition coefficient (Wildman–Crippen LogP) is 1.40. The van der Waals surface area contributed by atoms with Crippen LogP contribution >= 0.6 is 11.6 Å². The number of rotatable bonds is 4. The first kappa shape index (κ1) is 13.7. The SMILES string of the molecule is NC(=O)C1CCC(Nc2ncnc(Cl)c2C=O)CC1. The summed E-state index contributed by atoms with van der Waals surface area (Å²) in [6, 6.07) is 0.167. The van der Waals surface area contributed by atoms with Gasteiger partial charge in [0.2, 0.25) is 5.91 Å². The van der Waals surface area contributed by atoms with Crippen molar-refractivity contribution in [2.24, 2.45) is 11.7 Å². The molecule has 0 atom stereocenters. The third kappa shape index (κ3) is 3.20. The minimum Gasteiger partial charge on any atom is -0.369 e. The molecular weight excluding hydrogens is 268 g/mol. The lowest BCUT2D eigenvalue weighted by Crippen LogP contribution is -2.32. The first-order valence-corrected chi connectivity index (χ1v) is 6.51. The highest BCUT2D eigenvalue weighted by Gasteiger charge is 2.25. The fourth-order valence-electron chi connectivity index (χ4n) is 2.31. The summed E-state index contributed by atoms with van der Waals surface area (Å²) in [5.74, 6) is 0.159. The number of halogens is 1. The van der Waals surface area contributed by atoms with Gasteiger partial charge in [-0.1, -0.05) is 11.6 Å². The summed E-state index contributed by atoms with van der Waals surface area (Å²) in [6.45, 7) is 0. The number of nitrogens with one attached hydrogen (secondary N) is 1. The molecule has 1 aromatic rings. The van der Waals surface area contributed by atoms with E-state index in [-0.39, 0.29) is 28.6 Å². The van der Waals surface area contributed by atoms with E-state index in [0.717, 1.165) is 25.7 Å². The van der Waals surface area contributed by atoms with E-state index in [0.29, 0.717) is 12.1 Å². The molecule has 1 aliphatic carbocycles. The summed E-state index contributed by atoms with van der Waals surface area (Å²) < 4.78 is 0. The molecule has 0 saturated heterocycles. The summed E-state index contributed by atoms with van der Waals surface area (Å²) in [4.78, 5) is 29.8. The van der Waals surface area contributed by atoms with Crippen LogP contribution in [0.2, 0.25) is 5.15 Å². The van der Waals surface area contributed by atoms with Crippen molar-refractivity contribution in [3.63, 3.8) is 0 Å². The van der Waals surface area contributed by atoms with Crippen LogP contribution in [0.25, 0.3) is 0 Å². The third-order valence-electron chi connectivity index (χ3n) is 3.42. The molecule has 1 saturated carbocycles. The van der Waals surface area contributed by atoms with E-state index in [4.69, 9.17) is 17.3 Å². The van der Waals surface area contributed by atoms with Crippen LogP contribution in [-0.2, 0) is 4.79 Å². The van der Waals surface area contributed by atoms with Gasteiger partial charge in [-0.15, -0.1) is 0 Å². The van der Waals surface area contributed by atoms with Gasteiger partial charge >= 0.3 is 0 Å². The Morgan fingerprint density at radius 1 is 1.37 bits per heavy atom. The molecule has 19 heavy (non-hydrogen) atoms. The summed E-state index contributed by atoms with van der Waals surface area (Å²) in [5, 5.41) is 3.32. The average molecular weight is 283 g/mol. The maximum Gasteiger partial charge on any atom is 0.220 e. The van der Waals surface area contributed by atoms with Gasteiger partial charge in [0.15, 0.2) is 6.29 Å². The molecule has 0 aliphatic heterocycles. The van der Waals surface area contributed by atoms with Gasteiger partial charge in [0.25, 0.3) is 0 Å².